The zero-order chi connectivity index (χ0) is 17.7. The Hall–Kier alpha value is -3.50. The fraction of sp³-hybridized carbons (Fsp3) is 0.231. The molecule has 0 atom stereocenters. The molecular formula is C13H13N5O6. The SMILES string of the molecule is COc1cc([N+](=O)[O-])ccc1NC(=O)CCn1cc([N+](=O)[O-])cn1. The van der Waals surface area contributed by atoms with Crippen molar-refractivity contribution in [3.8, 4) is 5.75 Å². The maximum atomic E-state index is 11.9. The maximum absolute atomic E-state index is 11.9. The number of non-ortho nitro benzene ring substituents is 1. The number of hydrogen-bond donors (Lipinski definition) is 1. The fourth-order valence-corrected chi connectivity index (χ4v) is 1.89. The molecule has 1 aromatic carbocycles. The molecule has 11 heteroatoms. The minimum Gasteiger partial charge on any atom is -0.494 e. The minimum atomic E-state index is -0.578. The van der Waals surface area contributed by atoms with Crippen molar-refractivity contribution in [3.05, 3.63) is 50.8 Å². The van der Waals surface area contributed by atoms with Crippen molar-refractivity contribution in [2.24, 2.45) is 0 Å². The Morgan fingerprint density at radius 3 is 2.58 bits per heavy atom. The second-order valence-corrected chi connectivity index (χ2v) is 4.66. The Kier molecular flexibility index (Phi) is 5.04. The monoisotopic (exact) mass is 335 g/mol. The molecule has 1 amide bonds. The quantitative estimate of drug-likeness (QED) is 0.599. The van der Waals surface area contributed by atoms with Crippen LogP contribution in [0.4, 0.5) is 17.1 Å². The minimum absolute atomic E-state index is 0.0129. The highest BCUT2D eigenvalue weighted by Gasteiger charge is 2.14. The van der Waals surface area contributed by atoms with E-state index in [2.05, 4.69) is 10.4 Å². The first-order valence-corrected chi connectivity index (χ1v) is 6.70. The van der Waals surface area contributed by atoms with Crippen LogP contribution in [0.3, 0.4) is 0 Å². The Balaban J connectivity index is 1.98. The Labute approximate surface area is 135 Å². The number of nitro benzene ring substituents is 1. The van der Waals surface area contributed by atoms with Crippen LogP contribution < -0.4 is 10.1 Å². The summed E-state index contributed by atoms with van der Waals surface area (Å²) in [6, 6.07) is 3.81. The Morgan fingerprint density at radius 1 is 1.29 bits per heavy atom. The zero-order valence-electron chi connectivity index (χ0n) is 12.5. The van der Waals surface area contributed by atoms with Gasteiger partial charge in [0.05, 0.1) is 28.7 Å². The van der Waals surface area contributed by atoms with Gasteiger partial charge in [0.2, 0.25) is 5.91 Å². The van der Waals surface area contributed by atoms with Gasteiger partial charge in [0, 0.05) is 19.0 Å². The molecule has 2 rings (SSSR count). The van der Waals surface area contributed by atoms with Gasteiger partial charge in [-0.25, -0.2) is 0 Å². The average molecular weight is 335 g/mol. The van der Waals surface area contributed by atoms with Crippen molar-refractivity contribution in [1.82, 2.24) is 9.78 Å². The predicted octanol–water partition coefficient (Wildman–Crippen LogP) is 1.74. The normalized spacial score (nSPS) is 10.2. The van der Waals surface area contributed by atoms with Gasteiger partial charge in [-0.2, -0.15) is 5.10 Å². The van der Waals surface area contributed by atoms with Gasteiger partial charge in [-0.05, 0) is 6.07 Å². The highest BCUT2D eigenvalue weighted by atomic mass is 16.6. The van der Waals surface area contributed by atoms with Crippen molar-refractivity contribution in [1.29, 1.82) is 0 Å². The van der Waals surface area contributed by atoms with E-state index in [0.29, 0.717) is 5.69 Å². The van der Waals surface area contributed by atoms with Gasteiger partial charge in [-0.1, -0.05) is 0 Å². The molecule has 11 nitrogen and oxygen atoms in total. The standard InChI is InChI=1S/C13H13N5O6/c1-24-12-6-9(17(20)21)2-3-11(12)15-13(19)4-5-16-8-10(7-14-16)18(22)23/h2-3,6-8H,4-5H2,1H3,(H,15,19). The second-order valence-electron chi connectivity index (χ2n) is 4.66. The van der Waals surface area contributed by atoms with Crippen LogP contribution in [-0.4, -0.2) is 32.6 Å². The molecule has 24 heavy (non-hydrogen) atoms. The number of carbonyl (C=O) groups is 1. The van der Waals surface area contributed by atoms with E-state index < -0.39 is 9.85 Å². The predicted molar refractivity (Wildman–Crippen MR) is 81.8 cm³/mol. The smallest absolute Gasteiger partial charge is 0.306 e. The third kappa shape index (κ3) is 4.03. The number of nitro groups is 2. The molecule has 0 aliphatic carbocycles. The van der Waals surface area contributed by atoms with Gasteiger partial charge in [-0.3, -0.25) is 29.7 Å². The molecule has 0 aliphatic rings. The third-order valence-corrected chi connectivity index (χ3v) is 3.07. The summed E-state index contributed by atoms with van der Waals surface area (Å²) in [6.07, 6.45) is 2.33. The lowest BCUT2D eigenvalue weighted by molar-refractivity contribution is -0.385. The molecule has 0 unspecified atom stereocenters. The van der Waals surface area contributed by atoms with Gasteiger partial charge < -0.3 is 10.1 Å². The second kappa shape index (κ2) is 7.17. The first-order valence-electron chi connectivity index (χ1n) is 6.70. The summed E-state index contributed by atoms with van der Waals surface area (Å²) in [5.41, 5.74) is -0.0271. The van der Waals surface area contributed by atoms with Crippen LogP contribution in [-0.2, 0) is 11.3 Å². The van der Waals surface area contributed by atoms with E-state index in [4.69, 9.17) is 4.74 Å². The van der Waals surface area contributed by atoms with Crippen LogP contribution in [0.1, 0.15) is 6.42 Å². The van der Waals surface area contributed by atoms with Crippen molar-refractivity contribution < 1.29 is 19.4 Å². The number of aromatic nitrogens is 2. The van der Waals surface area contributed by atoms with Gasteiger partial charge in [0.1, 0.15) is 18.1 Å². The number of methoxy groups -OCH3 is 1. The topological polar surface area (TPSA) is 142 Å². The molecule has 0 saturated heterocycles. The van der Waals surface area contributed by atoms with Crippen LogP contribution >= 0.6 is 0 Å². The molecule has 0 radical (unpaired) electrons. The summed E-state index contributed by atoms with van der Waals surface area (Å²) < 4.78 is 6.30. The van der Waals surface area contributed by atoms with Crippen LogP contribution in [0.2, 0.25) is 0 Å². The summed E-state index contributed by atoms with van der Waals surface area (Å²) in [5.74, 6) is -0.229. The lowest BCUT2D eigenvalue weighted by atomic mass is 10.2. The molecule has 0 aliphatic heterocycles. The Bertz CT molecular complexity index is 787. The molecule has 1 heterocycles. The number of hydrogen-bond acceptors (Lipinski definition) is 7. The van der Waals surface area contributed by atoms with E-state index >= 15 is 0 Å². The van der Waals surface area contributed by atoms with Gasteiger partial charge in [-0.15, -0.1) is 0 Å². The molecule has 0 saturated carbocycles. The molecule has 1 aromatic heterocycles. The van der Waals surface area contributed by atoms with E-state index in [9.17, 15) is 25.0 Å². The first-order chi connectivity index (χ1) is 11.4. The summed E-state index contributed by atoms with van der Waals surface area (Å²) in [4.78, 5) is 32.1. The van der Waals surface area contributed by atoms with Crippen molar-refractivity contribution >= 4 is 23.0 Å². The zero-order valence-corrected chi connectivity index (χ0v) is 12.5. The lowest BCUT2D eigenvalue weighted by Crippen LogP contribution is -2.15. The van der Waals surface area contributed by atoms with E-state index in [-0.39, 0.29) is 36.0 Å². The highest BCUT2D eigenvalue weighted by molar-refractivity contribution is 5.92. The molecular weight excluding hydrogens is 322 g/mol. The number of anilines is 1. The fourth-order valence-electron chi connectivity index (χ4n) is 1.89. The number of nitrogens with zero attached hydrogens (tertiary/aromatic N) is 4. The van der Waals surface area contributed by atoms with E-state index in [1.165, 1.54) is 36.2 Å². The lowest BCUT2D eigenvalue weighted by Gasteiger charge is -2.10. The molecule has 1 N–H and O–H groups in total. The number of ether oxygens (including phenoxy) is 1. The number of amides is 1. The summed E-state index contributed by atoms with van der Waals surface area (Å²) in [6.45, 7) is 0.148. The van der Waals surface area contributed by atoms with E-state index in [0.717, 1.165) is 6.20 Å². The van der Waals surface area contributed by atoms with Gasteiger partial charge in [0.25, 0.3) is 5.69 Å². The summed E-state index contributed by atoms with van der Waals surface area (Å²) in [5, 5.41) is 27.6. The van der Waals surface area contributed by atoms with Crippen molar-refractivity contribution in [3.63, 3.8) is 0 Å². The Morgan fingerprint density at radius 2 is 2.00 bits per heavy atom. The van der Waals surface area contributed by atoms with Crippen molar-refractivity contribution in [2.45, 2.75) is 13.0 Å². The maximum Gasteiger partial charge on any atom is 0.306 e. The largest absolute Gasteiger partial charge is 0.494 e. The van der Waals surface area contributed by atoms with E-state index in [1.54, 1.807) is 0 Å². The average Bonchev–Trinajstić information content (AvgIpc) is 3.02. The third-order valence-electron chi connectivity index (χ3n) is 3.07. The first kappa shape index (κ1) is 16.9. The van der Waals surface area contributed by atoms with Gasteiger partial charge >= 0.3 is 5.69 Å². The van der Waals surface area contributed by atoms with Crippen molar-refractivity contribution in [2.75, 3.05) is 12.4 Å². The highest BCUT2D eigenvalue weighted by Crippen LogP contribution is 2.29. The molecule has 2 aromatic rings. The number of rotatable bonds is 7. The van der Waals surface area contributed by atoms with Crippen LogP contribution in [0, 0.1) is 20.2 Å². The molecule has 0 fully saturated rings. The van der Waals surface area contributed by atoms with Gasteiger partial charge in [0.15, 0.2) is 0 Å². The molecule has 0 spiro atoms. The summed E-state index contributed by atoms with van der Waals surface area (Å²) >= 11 is 0. The number of carbonyl (C=O) groups excluding carboxylic acids is 1. The van der Waals surface area contributed by atoms with Crippen LogP contribution in [0.25, 0.3) is 0 Å². The number of benzene rings is 1. The summed E-state index contributed by atoms with van der Waals surface area (Å²) in [7, 11) is 1.33. The van der Waals surface area contributed by atoms with E-state index in [1.807, 2.05) is 0 Å². The van der Waals surface area contributed by atoms with Crippen LogP contribution in [0.5, 0.6) is 5.75 Å². The molecule has 126 valence electrons. The van der Waals surface area contributed by atoms with Crippen LogP contribution in [0.15, 0.2) is 30.6 Å². The number of nitrogens with one attached hydrogen (secondary N) is 1. The number of aryl methyl sites for hydroxylation is 1. The molecule has 0 bridgehead atoms.